The highest BCUT2D eigenvalue weighted by Crippen LogP contribution is 2.18. The Hall–Kier alpha value is -2.37. The Bertz CT molecular complexity index is 534. The predicted octanol–water partition coefficient (Wildman–Crippen LogP) is 1.28. The Balaban J connectivity index is 2.10. The van der Waals surface area contributed by atoms with Crippen LogP contribution < -0.4 is 0 Å². The van der Waals surface area contributed by atoms with Crippen LogP contribution in [0.4, 0.5) is 0 Å². The number of aromatic hydroxyl groups is 1. The second-order valence-electron chi connectivity index (χ2n) is 3.63. The average Bonchev–Trinajstić information content (AvgIpc) is 2.78. The fourth-order valence-corrected chi connectivity index (χ4v) is 1.46. The van der Waals surface area contributed by atoms with Crippen LogP contribution in [0.3, 0.4) is 0 Å². The monoisotopic (exact) mass is 247 g/mol. The molecule has 2 N–H and O–H groups in total. The van der Waals surface area contributed by atoms with Gasteiger partial charge in [-0.2, -0.15) is 5.10 Å². The number of hydrogen-bond donors (Lipinski definition) is 2. The summed E-state index contributed by atoms with van der Waals surface area (Å²) in [5, 5.41) is 15.9. The molecular formula is C12H13N3O3. The maximum absolute atomic E-state index is 11.3. The van der Waals surface area contributed by atoms with Crippen LogP contribution in [-0.2, 0) is 16.0 Å². The van der Waals surface area contributed by atoms with E-state index in [1.165, 1.54) is 0 Å². The Morgan fingerprint density at radius 3 is 2.78 bits per heavy atom. The summed E-state index contributed by atoms with van der Waals surface area (Å²) in [6.45, 7) is 2.10. The van der Waals surface area contributed by atoms with E-state index in [0.29, 0.717) is 18.3 Å². The molecule has 1 heterocycles. The molecule has 0 bridgehead atoms. The van der Waals surface area contributed by atoms with Crippen LogP contribution >= 0.6 is 0 Å². The predicted molar refractivity (Wildman–Crippen MR) is 63.8 cm³/mol. The third-order valence-electron chi connectivity index (χ3n) is 2.27. The lowest BCUT2D eigenvalue weighted by Crippen LogP contribution is -2.08. The van der Waals surface area contributed by atoms with Gasteiger partial charge in [0, 0.05) is 5.56 Å². The molecule has 2 aromatic rings. The van der Waals surface area contributed by atoms with Crippen molar-refractivity contribution in [2.24, 2.45) is 0 Å². The van der Waals surface area contributed by atoms with Crippen molar-refractivity contribution in [2.45, 2.75) is 13.3 Å². The topological polar surface area (TPSA) is 88.1 Å². The van der Waals surface area contributed by atoms with Gasteiger partial charge >= 0.3 is 5.97 Å². The number of benzene rings is 1. The molecule has 0 aliphatic heterocycles. The first-order valence-electron chi connectivity index (χ1n) is 5.55. The number of phenols is 1. The van der Waals surface area contributed by atoms with Gasteiger partial charge in [-0.1, -0.05) is 0 Å². The first-order valence-corrected chi connectivity index (χ1v) is 5.55. The van der Waals surface area contributed by atoms with E-state index in [1.54, 1.807) is 31.2 Å². The largest absolute Gasteiger partial charge is 0.508 e. The first kappa shape index (κ1) is 12.1. The molecule has 0 saturated carbocycles. The zero-order valence-electron chi connectivity index (χ0n) is 9.88. The molecule has 0 atom stereocenters. The van der Waals surface area contributed by atoms with E-state index < -0.39 is 0 Å². The van der Waals surface area contributed by atoms with Crippen molar-refractivity contribution in [3.8, 4) is 17.1 Å². The normalized spacial score (nSPS) is 10.3. The Morgan fingerprint density at radius 2 is 2.11 bits per heavy atom. The van der Waals surface area contributed by atoms with Gasteiger partial charge < -0.3 is 9.84 Å². The van der Waals surface area contributed by atoms with Crippen molar-refractivity contribution < 1.29 is 14.6 Å². The number of nitrogens with zero attached hydrogens (tertiary/aromatic N) is 2. The van der Waals surface area contributed by atoms with E-state index in [9.17, 15) is 9.90 Å². The van der Waals surface area contributed by atoms with Gasteiger partial charge in [0.25, 0.3) is 0 Å². The molecule has 0 spiro atoms. The number of H-pyrrole nitrogens is 1. The maximum atomic E-state index is 11.3. The average molecular weight is 247 g/mol. The van der Waals surface area contributed by atoms with Gasteiger partial charge in [-0.05, 0) is 31.2 Å². The number of aromatic amines is 1. The summed E-state index contributed by atoms with van der Waals surface area (Å²) >= 11 is 0. The zero-order valence-corrected chi connectivity index (χ0v) is 9.88. The third-order valence-corrected chi connectivity index (χ3v) is 2.27. The molecule has 1 aromatic heterocycles. The van der Waals surface area contributed by atoms with Gasteiger partial charge in [0.1, 0.15) is 18.0 Å². The number of ether oxygens (including phenoxy) is 1. The number of esters is 1. The van der Waals surface area contributed by atoms with Crippen molar-refractivity contribution in [1.82, 2.24) is 15.2 Å². The highest BCUT2D eigenvalue weighted by Gasteiger charge is 2.10. The minimum Gasteiger partial charge on any atom is -0.508 e. The molecular weight excluding hydrogens is 234 g/mol. The van der Waals surface area contributed by atoms with Gasteiger partial charge in [0.15, 0.2) is 5.82 Å². The van der Waals surface area contributed by atoms with Gasteiger partial charge in [-0.3, -0.25) is 9.89 Å². The minimum absolute atomic E-state index is 0.0684. The van der Waals surface area contributed by atoms with Gasteiger partial charge in [-0.15, -0.1) is 0 Å². The first-order chi connectivity index (χ1) is 8.69. The van der Waals surface area contributed by atoms with Crippen LogP contribution in [0.25, 0.3) is 11.4 Å². The quantitative estimate of drug-likeness (QED) is 0.794. The summed E-state index contributed by atoms with van der Waals surface area (Å²) in [5.74, 6) is 0.776. The van der Waals surface area contributed by atoms with Crippen molar-refractivity contribution >= 4 is 5.97 Å². The number of carbonyl (C=O) groups excluding carboxylic acids is 1. The molecule has 0 fully saturated rings. The highest BCUT2D eigenvalue weighted by molar-refractivity contribution is 5.71. The molecule has 0 aliphatic rings. The Morgan fingerprint density at radius 1 is 1.39 bits per heavy atom. The third kappa shape index (κ3) is 2.85. The van der Waals surface area contributed by atoms with Crippen LogP contribution in [0.5, 0.6) is 5.75 Å². The molecule has 0 saturated heterocycles. The molecule has 6 heteroatoms. The maximum Gasteiger partial charge on any atom is 0.313 e. The lowest BCUT2D eigenvalue weighted by Gasteiger charge is -1.97. The standard InChI is InChI=1S/C12H13N3O3/c1-2-18-11(17)7-10-13-12(15-14-10)8-3-5-9(16)6-4-8/h3-6,16H,2,7H2,1H3,(H,13,14,15). The molecule has 0 amide bonds. The van der Waals surface area contributed by atoms with E-state index in [4.69, 9.17) is 4.74 Å². The number of nitrogens with one attached hydrogen (secondary N) is 1. The lowest BCUT2D eigenvalue weighted by molar-refractivity contribution is -0.142. The zero-order chi connectivity index (χ0) is 13.0. The molecule has 0 unspecified atom stereocenters. The fourth-order valence-electron chi connectivity index (χ4n) is 1.46. The minimum atomic E-state index is -0.342. The van der Waals surface area contributed by atoms with Crippen molar-refractivity contribution in [3.63, 3.8) is 0 Å². The van der Waals surface area contributed by atoms with E-state index in [2.05, 4.69) is 15.2 Å². The van der Waals surface area contributed by atoms with Crippen LogP contribution in [0.2, 0.25) is 0 Å². The van der Waals surface area contributed by atoms with Crippen LogP contribution in [0.1, 0.15) is 12.7 Å². The van der Waals surface area contributed by atoms with Gasteiger partial charge in [-0.25, -0.2) is 4.98 Å². The van der Waals surface area contributed by atoms with Crippen LogP contribution in [0, 0.1) is 0 Å². The molecule has 1 aromatic carbocycles. The van der Waals surface area contributed by atoms with E-state index in [-0.39, 0.29) is 18.1 Å². The summed E-state index contributed by atoms with van der Waals surface area (Å²) in [6, 6.07) is 6.51. The Kier molecular flexibility index (Phi) is 3.57. The SMILES string of the molecule is CCOC(=O)Cc1nc(-c2ccc(O)cc2)n[nH]1. The summed E-state index contributed by atoms with van der Waals surface area (Å²) in [4.78, 5) is 15.4. The molecule has 0 radical (unpaired) electrons. The summed E-state index contributed by atoms with van der Waals surface area (Å²) in [7, 11) is 0. The smallest absolute Gasteiger partial charge is 0.313 e. The molecule has 2 rings (SSSR count). The fraction of sp³-hybridized carbons (Fsp3) is 0.250. The van der Waals surface area contributed by atoms with Gasteiger partial charge in [0.2, 0.25) is 0 Å². The molecule has 18 heavy (non-hydrogen) atoms. The van der Waals surface area contributed by atoms with E-state index >= 15 is 0 Å². The summed E-state index contributed by atoms with van der Waals surface area (Å²) in [5.41, 5.74) is 0.763. The van der Waals surface area contributed by atoms with Crippen molar-refractivity contribution in [3.05, 3.63) is 30.1 Å². The number of phenolic OH excluding ortho intramolecular Hbond substituents is 1. The second kappa shape index (κ2) is 5.31. The summed E-state index contributed by atoms with van der Waals surface area (Å²) < 4.78 is 4.82. The summed E-state index contributed by atoms with van der Waals surface area (Å²) in [6.07, 6.45) is 0.0684. The molecule has 94 valence electrons. The molecule has 0 aliphatic carbocycles. The van der Waals surface area contributed by atoms with E-state index in [0.717, 1.165) is 5.56 Å². The van der Waals surface area contributed by atoms with Crippen molar-refractivity contribution in [2.75, 3.05) is 6.61 Å². The molecule has 6 nitrogen and oxygen atoms in total. The number of rotatable bonds is 4. The van der Waals surface area contributed by atoms with Crippen LogP contribution in [-0.4, -0.2) is 32.9 Å². The number of hydrogen-bond acceptors (Lipinski definition) is 5. The van der Waals surface area contributed by atoms with Crippen LogP contribution in [0.15, 0.2) is 24.3 Å². The van der Waals surface area contributed by atoms with Gasteiger partial charge in [0.05, 0.1) is 6.61 Å². The number of aromatic nitrogens is 3. The van der Waals surface area contributed by atoms with E-state index in [1.807, 2.05) is 0 Å². The van der Waals surface area contributed by atoms with Crippen molar-refractivity contribution in [1.29, 1.82) is 0 Å². The Labute approximate surface area is 104 Å². The lowest BCUT2D eigenvalue weighted by atomic mass is 10.2. The highest BCUT2D eigenvalue weighted by atomic mass is 16.5. The second-order valence-corrected chi connectivity index (χ2v) is 3.63. The number of carbonyl (C=O) groups is 1.